The summed E-state index contributed by atoms with van der Waals surface area (Å²) in [7, 11) is 4.23. The van der Waals surface area contributed by atoms with Crippen LogP contribution in [0.5, 0.6) is 0 Å². The van der Waals surface area contributed by atoms with Crippen molar-refractivity contribution < 1.29 is 0 Å². The van der Waals surface area contributed by atoms with Crippen LogP contribution < -0.4 is 10.6 Å². The molecule has 1 aliphatic carbocycles. The van der Waals surface area contributed by atoms with Gasteiger partial charge in [0, 0.05) is 12.6 Å². The Kier molecular flexibility index (Phi) is 5.83. The Morgan fingerprint density at radius 1 is 1.32 bits per heavy atom. The highest BCUT2D eigenvalue weighted by Crippen LogP contribution is 2.28. The van der Waals surface area contributed by atoms with Gasteiger partial charge in [-0.05, 0) is 45.8 Å². The third-order valence-corrected chi connectivity index (χ3v) is 4.28. The van der Waals surface area contributed by atoms with Gasteiger partial charge in [-0.1, -0.05) is 36.8 Å². The number of likely N-dealkylation sites (N-methyl/N-ethyl adjacent to an activating group) is 1. The van der Waals surface area contributed by atoms with Crippen molar-refractivity contribution in [1.29, 1.82) is 0 Å². The van der Waals surface area contributed by atoms with Gasteiger partial charge in [-0.25, -0.2) is 0 Å². The molecule has 0 spiro atoms. The lowest BCUT2D eigenvalue weighted by Crippen LogP contribution is -2.39. The monoisotopic (exact) mass is 302 g/mol. The first kappa shape index (κ1) is 16.8. The summed E-state index contributed by atoms with van der Waals surface area (Å²) in [4.78, 5) is 7.03. The van der Waals surface area contributed by atoms with Crippen molar-refractivity contribution in [3.63, 3.8) is 0 Å². The Bertz CT molecular complexity index is 492. The molecule has 4 heteroatoms. The Hall–Kier alpha value is -1.55. The second-order valence-electron chi connectivity index (χ2n) is 6.57. The summed E-state index contributed by atoms with van der Waals surface area (Å²) in [6.07, 6.45) is 1.25. The Balaban J connectivity index is 2.04. The molecule has 1 aromatic carbocycles. The third-order valence-electron chi connectivity index (χ3n) is 4.28. The van der Waals surface area contributed by atoms with E-state index in [1.165, 1.54) is 17.5 Å². The second-order valence-corrected chi connectivity index (χ2v) is 6.57. The molecule has 3 atom stereocenters. The highest BCUT2D eigenvalue weighted by atomic mass is 15.2. The summed E-state index contributed by atoms with van der Waals surface area (Å²) in [5.41, 5.74) is 2.61. The zero-order chi connectivity index (χ0) is 16.1. The highest BCUT2D eigenvalue weighted by molar-refractivity contribution is 5.80. The Morgan fingerprint density at radius 2 is 1.95 bits per heavy atom. The summed E-state index contributed by atoms with van der Waals surface area (Å²) in [6, 6.07) is 9.65. The lowest BCUT2D eigenvalue weighted by atomic mass is 10.0. The van der Waals surface area contributed by atoms with Gasteiger partial charge in [0.15, 0.2) is 5.96 Å². The zero-order valence-electron chi connectivity index (χ0n) is 14.6. The van der Waals surface area contributed by atoms with Crippen LogP contribution in [0.4, 0.5) is 0 Å². The molecule has 0 bridgehead atoms. The van der Waals surface area contributed by atoms with Crippen LogP contribution in [0, 0.1) is 12.8 Å². The summed E-state index contributed by atoms with van der Waals surface area (Å²) < 4.78 is 0. The van der Waals surface area contributed by atoms with Crippen molar-refractivity contribution in [3.05, 3.63) is 35.4 Å². The van der Waals surface area contributed by atoms with Crippen LogP contribution in [0.1, 0.15) is 37.4 Å². The van der Waals surface area contributed by atoms with Gasteiger partial charge in [-0.15, -0.1) is 0 Å². The molecule has 0 radical (unpaired) electrons. The van der Waals surface area contributed by atoms with Crippen LogP contribution in [-0.2, 0) is 0 Å². The van der Waals surface area contributed by atoms with Crippen molar-refractivity contribution in [2.24, 2.45) is 10.9 Å². The molecule has 122 valence electrons. The summed E-state index contributed by atoms with van der Waals surface area (Å²) in [6.45, 7) is 8.15. The van der Waals surface area contributed by atoms with E-state index in [9.17, 15) is 0 Å². The van der Waals surface area contributed by atoms with Crippen LogP contribution in [-0.4, -0.2) is 44.1 Å². The van der Waals surface area contributed by atoms with Crippen molar-refractivity contribution in [2.75, 3.05) is 27.2 Å². The first-order chi connectivity index (χ1) is 10.5. The minimum absolute atomic E-state index is 0.299. The average Bonchev–Trinajstić information content (AvgIpc) is 3.16. The fourth-order valence-electron chi connectivity index (χ4n) is 2.55. The largest absolute Gasteiger partial charge is 0.357 e. The van der Waals surface area contributed by atoms with E-state index in [2.05, 4.69) is 74.7 Å². The lowest BCUT2D eigenvalue weighted by molar-refractivity contribution is 0.306. The van der Waals surface area contributed by atoms with E-state index in [1.54, 1.807) is 0 Å². The van der Waals surface area contributed by atoms with E-state index in [1.807, 2.05) is 0 Å². The van der Waals surface area contributed by atoms with Crippen molar-refractivity contribution in [3.8, 4) is 0 Å². The molecule has 2 rings (SSSR count). The van der Waals surface area contributed by atoms with Crippen LogP contribution >= 0.6 is 0 Å². The first-order valence-corrected chi connectivity index (χ1v) is 8.29. The van der Waals surface area contributed by atoms with E-state index < -0.39 is 0 Å². The number of aryl methyl sites for hydroxylation is 1. The van der Waals surface area contributed by atoms with Crippen molar-refractivity contribution in [2.45, 2.75) is 39.3 Å². The molecule has 0 saturated heterocycles. The van der Waals surface area contributed by atoms with Gasteiger partial charge in [-0.2, -0.15) is 0 Å². The fraction of sp³-hybridized carbons (Fsp3) is 0.611. The van der Waals surface area contributed by atoms with Gasteiger partial charge in [0.2, 0.25) is 0 Å². The summed E-state index contributed by atoms with van der Waals surface area (Å²) in [5, 5.41) is 6.87. The molecule has 1 aromatic rings. The number of rotatable bonds is 6. The SMILES string of the molecule is CCNC(=NCC(c1ccc(C)cc1)N(C)C)NC1CC1C. The fourth-order valence-corrected chi connectivity index (χ4v) is 2.55. The number of aliphatic imine (C=N–C) groups is 1. The molecular formula is C18H30N4. The van der Waals surface area contributed by atoms with Crippen LogP contribution in [0.25, 0.3) is 0 Å². The van der Waals surface area contributed by atoms with E-state index in [0.717, 1.165) is 25.0 Å². The van der Waals surface area contributed by atoms with Crippen LogP contribution in [0.15, 0.2) is 29.3 Å². The van der Waals surface area contributed by atoms with Gasteiger partial charge >= 0.3 is 0 Å². The number of benzene rings is 1. The maximum absolute atomic E-state index is 4.80. The molecule has 4 nitrogen and oxygen atoms in total. The molecule has 0 amide bonds. The molecular weight excluding hydrogens is 272 g/mol. The first-order valence-electron chi connectivity index (χ1n) is 8.29. The lowest BCUT2D eigenvalue weighted by Gasteiger charge is -2.24. The maximum atomic E-state index is 4.80. The van der Waals surface area contributed by atoms with Gasteiger partial charge in [0.25, 0.3) is 0 Å². The van der Waals surface area contributed by atoms with E-state index in [4.69, 9.17) is 4.99 Å². The Labute approximate surface area is 135 Å². The van der Waals surface area contributed by atoms with E-state index in [-0.39, 0.29) is 0 Å². The molecule has 3 unspecified atom stereocenters. The minimum atomic E-state index is 0.299. The molecule has 1 aliphatic rings. The highest BCUT2D eigenvalue weighted by Gasteiger charge is 2.33. The number of guanidine groups is 1. The minimum Gasteiger partial charge on any atom is -0.357 e. The van der Waals surface area contributed by atoms with E-state index >= 15 is 0 Å². The summed E-state index contributed by atoms with van der Waals surface area (Å²) in [5.74, 6) is 1.71. The molecule has 0 heterocycles. The smallest absolute Gasteiger partial charge is 0.191 e. The van der Waals surface area contributed by atoms with Gasteiger partial charge in [-0.3, -0.25) is 4.99 Å². The molecule has 2 N–H and O–H groups in total. The Morgan fingerprint density at radius 3 is 2.45 bits per heavy atom. The van der Waals surface area contributed by atoms with Gasteiger partial charge < -0.3 is 15.5 Å². The topological polar surface area (TPSA) is 39.7 Å². The van der Waals surface area contributed by atoms with Gasteiger partial charge in [0.1, 0.15) is 0 Å². The molecule has 1 saturated carbocycles. The number of nitrogens with one attached hydrogen (secondary N) is 2. The maximum Gasteiger partial charge on any atom is 0.191 e. The quantitative estimate of drug-likeness (QED) is 0.627. The molecule has 1 fully saturated rings. The van der Waals surface area contributed by atoms with Crippen LogP contribution in [0.2, 0.25) is 0 Å². The second kappa shape index (κ2) is 7.63. The van der Waals surface area contributed by atoms with Crippen molar-refractivity contribution >= 4 is 5.96 Å². The standard InChI is InChI=1S/C18H30N4/c1-6-19-18(21-16-11-14(16)3)20-12-17(22(4)5)15-9-7-13(2)8-10-15/h7-10,14,16-17H,6,11-12H2,1-5H3,(H2,19,20,21). The number of nitrogens with zero attached hydrogens (tertiary/aromatic N) is 2. The zero-order valence-corrected chi connectivity index (χ0v) is 14.6. The summed E-state index contributed by atoms with van der Waals surface area (Å²) >= 11 is 0. The van der Waals surface area contributed by atoms with Crippen molar-refractivity contribution in [1.82, 2.24) is 15.5 Å². The average molecular weight is 302 g/mol. The van der Waals surface area contributed by atoms with Gasteiger partial charge in [0.05, 0.1) is 12.6 Å². The molecule has 0 aliphatic heterocycles. The normalized spacial score (nSPS) is 22.5. The number of hydrogen-bond acceptors (Lipinski definition) is 2. The molecule has 22 heavy (non-hydrogen) atoms. The predicted octanol–water partition coefficient (Wildman–Crippen LogP) is 2.56. The number of hydrogen-bond donors (Lipinski definition) is 2. The van der Waals surface area contributed by atoms with E-state index in [0.29, 0.717) is 12.1 Å². The molecule has 0 aromatic heterocycles. The van der Waals surface area contributed by atoms with Crippen LogP contribution in [0.3, 0.4) is 0 Å². The predicted molar refractivity (Wildman–Crippen MR) is 94.3 cm³/mol. The third kappa shape index (κ3) is 4.73.